The summed E-state index contributed by atoms with van der Waals surface area (Å²) in [7, 11) is 0. The molecule has 0 aromatic heterocycles. The molecule has 3 saturated carbocycles. The molecule has 8 unspecified atom stereocenters. The first-order valence-electron chi connectivity index (χ1n) is 11.8. The molecule has 0 amide bonds. The van der Waals surface area contributed by atoms with Crippen molar-refractivity contribution in [2.45, 2.75) is 24.7 Å². The average molecular weight is 516 g/mol. The molecular formula is C28H16F4N4O2. The number of hydrogen-bond donors (Lipinski definition) is 0. The summed E-state index contributed by atoms with van der Waals surface area (Å²) in [5, 5.41) is 37.8. The van der Waals surface area contributed by atoms with E-state index in [-0.39, 0.29) is 24.0 Å². The monoisotopic (exact) mass is 516 g/mol. The van der Waals surface area contributed by atoms with E-state index in [1.165, 1.54) is 12.1 Å². The van der Waals surface area contributed by atoms with Gasteiger partial charge in [-0.25, -0.2) is 17.6 Å². The fourth-order valence-electron chi connectivity index (χ4n) is 6.83. The molecule has 0 bridgehead atoms. The summed E-state index contributed by atoms with van der Waals surface area (Å²) in [6.07, 6.45) is 0.00808. The average Bonchev–Trinajstić information content (AvgIpc) is 3.34. The second kappa shape index (κ2) is 9.09. The number of nitriles is 4. The van der Waals surface area contributed by atoms with Crippen LogP contribution in [0.1, 0.15) is 46.9 Å². The quantitative estimate of drug-likeness (QED) is 0.538. The van der Waals surface area contributed by atoms with Crippen LogP contribution in [0.4, 0.5) is 17.6 Å². The zero-order chi connectivity index (χ0) is 27.5. The topological polar surface area (TPSA) is 129 Å². The highest BCUT2D eigenvalue weighted by molar-refractivity contribution is 5.95. The molecule has 0 spiro atoms. The van der Waals surface area contributed by atoms with Gasteiger partial charge in [0.05, 0.1) is 46.9 Å². The molecule has 0 radical (unpaired) electrons. The van der Waals surface area contributed by atoms with E-state index in [1.807, 2.05) is 12.1 Å². The summed E-state index contributed by atoms with van der Waals surface area (Å²) in [6.45, 7) is 0. The number of nitrogens with zero attached hydrogens (tertiary/aromatic N) is 4. The van der Waals surface area contributed by atoms with Gasteiger partial charge >= 0.3 is 0 Å². The van der Waals surface area contributed by atoms with Crippen LogP contribution in [0, 0.1) is 104 Å². The molecule has 10 heteroatoms. The Labute approximate surface area is 214 Å². The van der Waals surface area contributed by atoms with Crippen LogP contribution in [-0.4, -0.2) is 11.6 Å². The van der Waals surface area contributed by atoms with Gasteiger partial charge in [0, 0.05) is 23.0 Å². The Morgan fingerprint density at radius 3 is 1.29 bits per heavy atom. The molecule has 3 aliphatic rings. The fraction of sp³-hybridized carbons (Fsp3) is 0.357. The zero-order valence-corrected chi connectivity index (χ0v) is 19.5. The molecule has 0 saturated heterocycles. The first kappa shape index (κ1) is 25.1. The van der Waals surface area contributed by atoms with Gasteiger partial charge in [0.15, 0.2) is 0 Å². The van der Waals surface area contributed by atoms with Crippen LogP contribution in [0.3, 0.4) is 0 Å². The lowest BCUT2D eigenvalue weighted by atomic mass is 9.67. The lowest BCUT2D eigenvalue weighted by Gasteiger charge is -2.34. The predicted octanol–water partition coefficient (Wildman–Crippen LogP) is 4.56. The third-order valence-corrected chi connectivity index (χ3v) is 8.45. The van der Waals surface area contributed by atoms with E-state index >= 15 is 0 Å². The highest BCUT2D eigenvalue weighted by atomic mass is 19.1. The molecule has 0 heterocycles. The molecule has 2 aromatic rings. The molecule has 38 heavy (non-hydrogen) atoms. The highest BCUT2D eigenvalue weighted by Gasteiger charge is 2.61. The van der Waals surface area contributed by atoms with Gasteiger partial charge in [-0.2, -0.15) is 21.0 Å². The van der Waals surface area contributed by atoms with E-state index < -0.39 is 93.3 Å². The van der Waals surface area contributed by atoms with E-state index in [0.29, 0.717) is 12.1 Å². The summed E-state index contributed by atoms with van der Waals surface area (Å²) in [6, 6.07) is 9.92. The van der Waals surface area contributed by atoms with E-state index in [4.69, 9.17) is 10.5 Å². The van der Waals surface area contributed by atoms with Crippen LogP contribution < -0.4 is 0 Å². The number of rotatable bonds is 2. The Morgan fingerprint density at radius 2 is 0.974 bits per heavy atom. The molecule has 5 rings (SSSR count). The number of hydrogen-bond acceptors (Lipinski definition) is 6. The lowest BCUT2D eigenvalue weighted by molar-refractivity contribution is -0.127. The van der Waals surface area contributed by atoms with Crippen molar-refractivity contribution >= 4 is 11.6 Å². The smallest absolute Gasteiger partial charge is 0.145 e. The molecule has 6 nitrogen and oxygen atoms in total. The number of carbonyl (C=O) groups excluding carboxylic acids is 2. The maximum absolute atomic E-state index is 14.8. The molecule has 188 valence electrons. The predicted molar refractivity (Wildman–Crippen MR) is 119 cm³/mol. The van der Waals surface area contributed by atoms with E-state index in [2.05, 4.69) is 0 Å². The Hall–Kier alpha value is -4.54. The number of ketones is 2. The van der Waals surface area contributed by atoms with Gasteiger partial charge in [0.2, 0.25) is 0 Å². The van der Waals surface area contributed by atoms with Gasteiger partial charge in [-0.15, -0.1) is 0 Å². The number of benzene rings is 2. The van der Waals surface area contributed by atoms with Crippen LogP contribution in [0.25, 0.3) is 0 Å². The first-order valence-corrected chi connectivity index (χ1v) is 11.8. The maximum Gasteiger partial charge on any atom is 0.145 e. The van der Waals surface area contributed by atoms with Crippen LogP contribution in [0.5, 0.6) is 0 Å². The Balaban J connectivity index is 1.52. The van der Waals surface area contributed by atoms with Crippen molar-refractivity contribution in [3.63, 3.8) is 0 Å². The van der Waals surface area contributed by atoms with E-state index in [0.717, 1.165) is 12.1 Å². The van der Waals surface area contributed by atoms with Crippen LogP contribution in [0.2, 0.25) is 0 Å². The van der Waals surface area contributed by atoms with Gasteiger partial charge in [0.1, 0.15) is 47.0 Å². The molecular weight excluding hydrogens is 500 g/mol. The van der Waals surface area contributed by atoms with Gasteiger partial charge in [-0.1, -0.05) is 0 Å². The minimum Gasteiger partial charge on any atom is -0.299 e. The SMILES string of the molecule is N#Cc1cc(F)c(C2C(=O)C3CC4C(CC3C2C#N)C(=O)C(c2cc(F)c(C#N)cc2F)C4C#N)cc1F. The van der Waals surface area contributed by atoms with E-state index in [9.17, 15) is 37.7 Å². The minimum atomic E-state index is -1.31. The number of Topliss-reactive ketones (excluding diaryl/α,β-unsaturated/α-hetero) is 2. The Kier molecular flexibility index (Phi) is 6.01. The van der Waals surface area contributed by atoms with Gasteiger partial charge in [-0.3, -0.25) is 9.59 Å². The summed E-state index contributed by atoms with van der Waals surface area (Å²) < 4.78 is 58.3. The molecule has 0 N–H and O–H groups in total. The van der Waals surface area contributed by atoms with Gasteiger partial charge in [-0.05, 0) is 48.9 Å². The summed E-state index contributed by atoms with van der Waals surface area (Å²) in [4.78, 5) is 27.0. The largest absolute Gasteiger partial charge is 0.299 e. The molecule has 3 aliphatic carbocycles. The molecule has 3 fully saturated rings. The van der Waals surface area contributed by atoms with Gasteiger partial charge in [0.25, 0.3) is 0 Å². The summed E-state index contributed by atoms with van der Waals surface area (Å²) in [5.41, 5.74) is -1.77. The molecule has 0 aliphatic heterocycles. The molecule has 2 aromatic carbocycles. The van der Waals surface area contributed by atoms with Crippen molar-refractivity contribution in [2.24, 2.45) is 35.5 Å². The van der Waals surface area contributed by atoms with Crippen molar-refractivity contribution in [3.8, 4) is 24.3 Å². The van der Waals surface area contributed by atoms with Crippen LogP contribution in [-0.2, 0) is 9.59 Å². The van der Waals surface area contributed by atoms with Gasteiger partial charge < -0.3 is 0 Å². The minimum absolute atomic E-state index is 0.00404. The van der Waals surface area contributed by atoms with Crippen molar-refractivity contribution in [2.75, 3.05) is 0 Å². The summed E-state index contributed by atoms with van der Waals surface area (Å²) in [5.74, 6) is -12.9. The second-order valence-corrected chi connectivity index (χ2v) is 10.0. The van der Waals surface area contributed by atoms with Crippen LogP contribution in [0.15, 0.2) is 24.3 Å². The fourth-order valence-corrected chi connectivity index (χ4v) is 6.83. The third-order valence-electron chi connectivity index (χ3n) is 8.45. The number of carbonyl (C=O) groups is 2. The number of halogens is 4. The van der Waals surface area contributed by atoms with Crippen molar-refractivity contribution < 1.29 is 27.2 Å². The third kappa shape index (κ3) is 3.49. The standard InChI is InChI=1S/C28H16F4N4O2/c29-21-5-17(23(31)1-11(21)7-33)25-19(9-35)13-3-16-14(4-15(13)27(25)37)20(10-36)26(28(16)38)18-6-22(30)12(8-34)2-24(18)32/h1-2,5-6,13-16,19-20,25-26H,3-4H2. The van der Waals surface area contributed by atoms with Crippen molar-refractivity contribution in [1.29, 1.82) is 21.0 Å². The highest BCUT2D eigenvalue weighted by Crippen LogP contribution is 2.59. The number of fused-ring (bicyclic) bond motifs is 2. The van der Waals surface area contributed by atoms with E-state index in [1.54, 1.807) is 0 Å². The van der Waals surface area contributed by atoms with Crippen LogP contribution >= 0.6 is 0 Å². The lowest BCUT2D eigenvalue weighted by Crippen LogP contribution is -2.34. The van der Waals surface area contributed by atoms with Crippen molar-refractivity contribution in [1.82, 2.24) is 0 Å². The second-order valence-electron chi connectivity index (χ2n) is 10.0. The Morgan fingerprint density at radius 1 is 0.605 bits per heavy atom. The normalized spacial score (nSPS) is 31.5. The zero-order valence-electron chi connectivity index (χ0n) is 19.5. The summed E-state index contributed by atoms with van der Waals surface area (Å²) >= 11 is 0. The maximum atomic E-state index is 14.8. The first-order chi connectivity index (χ1) is 18.2. The van der Waals surface area contributed by atoms with Crippen molar-refractivity contribution in [3.05, 3.63) is 69.8 Å². The Bertz CT molecular complexity index is 1460. The molecule has 8 atom stereocenters.